The molecular formula is C26H24F3N5. The standard InChI is InChI=1S/C26H24F3N5/c1-16-22(18-6-2-3-7-20(18)27)34-23(19(15-31-34)24(28)29)25(32-16)33-11-8-26(9-12-33)13-17-5-4-10-30-21(17)14-26/h2-7,10,15,24H,8-9,11-14H2,1H3. The zero-order chi connectivity index (χ0) is 23.4. The van der Waals surface area contributed by atoms with Crippen LogP contribution in [0.1, 0.15) is 41.8 Å². The summed E-state index contributed by atoms with van der Waals surface area (Å²) in [5.74, 6) is 0.0544. The van der Waals surface area contributed by atoms with Crippen LogP contribution in [0, 0.1) is 18.2 Å². The van der Waals surface area contributed by atoms with Crippen LogP contribution in [0.3, 0.4) is 0 Å². The third-order valence-corrected chi connectivity index (χ3v) is 7.42. The minimum Gasteiger partial charge on any atom is -0.355 e. The topological polar surface area (TPSA) is 46.3 Å². The van der Waals surface area contributed by atoms with Gasteiger partial charge in [0.2, 0.25) is 0 Å². The summed E-state index contributed by atoms with van der Waals surface area (Å²) >= 11 is 0. The van der Waals surface area contributed by atoms with E-state index in [1.54, 1.807) is 25.1 Å². The summed E-state index contributed by atoms with van der Waals surface area (Å²) in [5.41, 5.74) is 3.97. The SMILES string of the molecule is Cc1nc(N2CCC3(CC2)Cc2cccnc2C3)c2c(C(F)F)cnn2c1-c1ccccc1F. The van der Waals surface area contributed by atoms with Crippen molar-refractivity contribution < 1.29 is 13.2 Å². The van der Waals surface area contributed by atoms with Crippen molar-refractivity contribution in [2.24, 2.45) is 5.41 Å². The molecule has 1 aliphatic carbocycles. The Morgan fingerprint density at radius 2 is 1.82 bits per heavy atom. The highest BCUT2D eigenvalue weighted by atomic mass is 19.3. The van der Waals surface area contributed by atoms with E-state index in [4.69, 9.17) is 4.98 Å². The van der Waals surface area contributed by atoms with E-state index in [9.17, 15) is 13.2 Å². The van der Waals surface area contributed by atoms with Gasteiger partial charge in [-0.15, -0.1) is 0 Å². The van der Waals surface area contributed by atoms with Crippen LogP contribution in [0.5, 0.6) is 0 Å². The molecule has 0 unspecified atom stereocenters. The van der Waals surface area contributed by atoms with Crippen molar-refractivity contribution >= 4 is 11.3 Å². The van der Waals surface area contributed by atoms with Gasteiger partial charge >= 0.3 is 0 Å². The van der Waals surface area contributed by atoms with E-state index < -0.39 is 12.2 Å². The number of piperidine rings is 1. The Kier molecular flexibility index (Phi) is 4.86. The molecule has 2 aliphatic rings. The van der Waals surface area contributed by atoms with Crippen molar-refractivity contribution in [2.75, 3.05) is 18.0 Å². The predicted molar refractivity (Wildman–Crippen MR) is 124 cm³/mol. The van der Waals surface area contributed by atoms with E-state index in [-0.39, 0.29) is 16.5 Å². The summed E-state index contributed by atoms with van der Waals surface area (Å²) < 4.78 is 44.1. The van der Waals surface area contributed by atoms with Gasteiger partial charge in [0.1, 0.15) is 11.3 Å². The van der Waals surface area contributed by atoms with Gasteiger partial charge in [-0.05, 0) is 61.8 Å². The summed E-state index contributed by atoms with van der Waals surface area (Å²) in [6.45, 7) is 3.20. The molecule has 5 nitrogen and oxygen atoms in total. The highest BCUT2D eigenvalue weighted by molar-refractivity contribution is 5.79. The van der Waals surface area contributed by atoms with Gasteiger partial charge in [0.05, 0.1) is 23.1 Å². The number of halogens is 3. The molecule has 4 heterocycles. The molecule has 34 heavy (non-hydrogen) atoms. The normalized spacial score (nSPS) is 17.1. The Morgan fingerprint density at radius 1 is 1.03 bits per heavy atom. The summed E-state index contributed by atoms with van der Waals surface area (Å²) in [5, 5.41) is 4.27. The molecule has 174 valence electrons. The maximum atomic E-state index is 14.7. The quantitative estimate of drug-likeness (QED) is 0.399. The van der Waals surface area contributed by atoms with Gasteiger partial charge in [0.15, 0.2) is 5.82 Å². The molecule has 1 saturated heterocycles. The van der Waals surface area contributed by atoms with Crippen LogP contribution in [0.2, 0.25) is 0 Å². The van der Waals surface area contributed by atoms with Gasteiger partial charge in [-0.3, -0.25) is 4.98 Å². The zero-order valence-corrected chi connectivity index (χ0v) is 18.8. The maximum Gasteiger partial charge on any atom is 0.267 e. The molecule has 0 N–H and O–H groups in total. The Labute approximate surface area is 195 Å². The van der Waals surface area contributed by atoms with E-state index in [0.717, 1.165) is 25.7 Å². The monoisotopic (exact) mass is 463 g/mol. The minimum atomic E-state index is -2.71. The van der Waals surface area contributed by atoms with E-state index in [1.165, 1.54) is 28.0 Å². The smallest absolute Gasteiger partial charge is 0.267 e. The summed E-state index contributed by atoms with van der Waals surface area (Å²) in [7, 11) is 0. The van der Waals surface area contributed by atoms with Crippen molar-refractivity contribution in [3.63, 3.8) is 0 Å². The first-order valence-electron chi connectivity index (χ1n) is 11.5. The Morgan fingerprint density at radius 3 is 2.56 bits per heavy atom. The van der Waals surface area contributed by atoms with Crippen LogP contribution >= 0.6 is 0 Å². The highest BCUT2D eigenvalue weighted by Crippen LogP contribution is 2.45. The lowest BCUT2D eigenvalue weighted by Gasteiger charge is -2.40. The van der Waals surface area contributed by atoms with Crippen LogP contribution in [-0.4, -0.2) is 32.7 Å². The second-order valence-electron chi connectivity index (χ2n) is 9.46. The molecule has 1 fully saturated rings. The number of aromatic nitrogens is 4. The molecule has 0 radical (unpaired) electrons. The number of hydrogen-bond acceptors (Lipinski definition) is 4. The maximum absolute atomic E-state index is 14.7. The molecule has 1 spiro atoms. The first kappa shape index (κ1) is 21.1. The second kappa shape index (κ2) is 7.82. The number of alkyl halides is 2. The lowest BCUT2D eigenvalue weighted by Crippen LogP contribution is -2.41. The number of anilines is 1. The molecule has 0 saturated carbocycles. The van der Waals surface area contributed by atoms with E-state index in [0.29, 0.717) is 35.9 Å². The number of rotatable bonds is 3. The molecule has 4 aromatic rings. The third kappa shape index (κ3) is 3.27. The number of nitrogens with zero attached hydrogens (tertiary/aromatic N) is 5. The summed E-state index contributed by atoms with van der Waals surface area (Å²) in [6, 6.07) is 10.4. The van der Waals surface area contributed by atoms with Crippen LogP contribution in [0.15, 0.2) is 48.8 Å². The van der Waals surface area contributed by atoms with Gasteiger partial charge in [0, 0.05) is 30.5 Å². The largest absolute Gasteiger partial charge is 0.355 e. The average molecular weight is 464 g/mol. The Hall–Kier alpha value is -3.42. The molecule has 1 aromatic carbocycles. The number of hydrogen-bond donors (Lipinski definition) is 0. The van der Waals surface area contributed by atoms with Gasteiger partial charge in [-0.25, -0.2) is 22.7 Å². The fourth-order valence-electron chi connectivity index (χ4n) is 5.67. The van der Waals surface area contributed by atoms with Gasteiger partial charge in [-0.2, -0.15) is 5.10 Å². The minimum absolute atomic E-state index is 0.164. The molecule has 0 atom stereocenters. The molecule has 3 aromatic heterocycles. The fourth-order valence-corrected chi connectivity index (χ4v) is 5.67. The summed E-state index contributed by atoms with van der Waals surface area (Å²) in [6.07, 6.45) is 4.15. The number of pyridine rings is 1. The van der Waals surface area contributed by atoms with Crippen molar-refractivity contribution in [2.45, 2.75) is 39.0 Å². The fraction of sp³-hybridized carbons (Fsp3) is 0.346. The van der Waals surface area contributed by atoms with Crippen molar-refractivity contribution in [3.05, 3.63) is 77.1 Å². The van der Waals surface area contributed by atoms with Crippen molar-refractivity contribution in [1.29, 1.82) is 0 Å². The number of benzene rings is 1. The molecule has 1 aliphatic heterocycles. The summed E-state index contributed by atoms with van der Waals surface area (Å²) in [4.78, 5) is 11.4. The molecule has 0 bridgehead atoms. The predicted octanol–water partition coefficient (Wildman–Crippen LogP) is 5.56. The van der Waals surface area contributed by atoms with Crippen LogP contribution < -0.4 is 4.90 Å². The lowest BCUT2D eigenvalue weighted by atomic mass is 9.76. The van der Waals surface area contributed by atoms with Crippen LogP contribution in [0.25, 0.3) is 16.8 Å². The third-order valence-electron chi connectivity index (χ3n) is 7.42. The van der Waals surface area contributed by atoms with Gasteiger partial charge < -0.3 is 4.90 Å². The molecule has 6 rings (SSSR count). The molecular weight excluding hydrogens is 439 g/mol. The number of aryl methyl sites for hydroxylation is 1. The van der Waals surface area contributed by atoms with E-state index >= 15 is 0 Å². The first-order valence-corrected chi connectivity index (χ1v) is 11.5. The van der Waals surface area contributed by atoms with E-state index in [2.05, 4.69) is 21.0 Å². The van der Waals surface area contributed by atoms with Gasteiger partial charge in [-0.1, -0.05) is 18.2 Å². The Bertz CT molecular complexity index is 1360. The Balaban J connectivity index is 1.40. The average Bonchev–Trinajstić information content (AvgIpc) is 3.42. The van der Waals surface area contributed by atoms with Crippen molar-refractivity contribution in [1.82, 2.24) is 19.6 Å². The number of fused-ring (bicyclic) bond motifs is 2. The van der Waals surface area contributed by atoms with Crippen LogP contribution in [0.4, 0.5) is 19.0 Å². The lowest BCUT2D eigenvalue weighted by molar-refractivity contribution is 0.153. The zero-order valence-electron chi connectivity index (χ0n) is 18.8. The van der Waals surface area contributed by atoms with E-state index in [1.807, 2.05) is 12.3 Å². The molecule has 8 heteroatoms. The van der Waals surface area contributed by atoms with Gasteiger partial charge in [0.25, 0.3) is 6.43 Å². The first-order chi connectivity index (χ1) is 16.5. The molecule has 0 amide bonds. The highest BCUT2D eigenvalue weighted by Gasteiger charge is 2.41. The van der Waals surface area contributed by atoms with Crippen LogP contribution in [-0.2, 0) is 12.8 Å². The second-order valence-corrected chi connectivity index (χ2v) is 9.46. The van der Waals surface area contributed by atoms with Crippen molar-refractivity contribution in [3.8, 4) is 11.3 Å².